The predicted molar refractivity (Wildman–Crippen MR) is 60.0 cm³/mol. The highest BCUT2D eigenvalue weighted by atomic mass is 16.4. The van der Waals surface area contributed by atoms with Crippen LogP contribution >= 0.6 is 0 Å². The minimum Gasteiger partial charge on any atom is -0.464 e. The van der Waals surface area contributed by atoms with Gasteiger partial charge in [-0.15, -0.1) is 0 Å². The molecule has 0 heterocycles. The number of nitrogens with zero attached hydrogens (tertiary/aromatic N) is 1. The van der Waals surface area contributed by atoms with Gasteiger partial charge in [-0.25, -0.2) is 10.2 Å². The average Bonchev–Trinajstić information content (AvgIpc) is 2.14. The van der Waals surface area contributed by atoms with Gasteiger partial charge in [0.15, 0.2) is 0 Å². The Bertz CT molecular complexity index is 256. The van der Waals surface area contributed by atoms with Gasteiger partial charge in [0.1, 0.15) is 0 Å². The van der Waals surface area contributed by atoms with Gasteiger partial charge in [-0.1, -0.05) is 20.8 Å². The third kappa shape index (κ3) is 3.90. The molecule has 0 aromatic rings. The molecule has 0 aliphatic heterocycles. The second-order valence-electron chi connectivity index (χ2n) is 5.24. The molecule has 15 heavy (non-hydrogen) atoms. The molecule has 0 aromatic carbocycles. The maximum absolute atomic E-state index is 10.2. The molecule has 86 valence electrons. The monoisotopic (exact) mass is 212 g/mol. The SMILES string of the molecule is CC(C)(C)C1CCC(=NNC(=O)O)CC1. The number of nitrogens with one attached hydrogen (secondary N) is 1. The molecule has 0 atom stereocenters. The first-order chi connectivity index (χ1) is 6.89. The van der Waals surface area contributed by atoms with Crippen LogP contribution in [-0.4, -0.2) is 16.9 Å². The smallest absolute Gasteiger partial charge is 0.425 e. The van der Waals surface area contributed by atoms with Crippen LogP contribution < -0.4 is 5.43 Å². The summed E-state index contributed by atoms with van der Waals surface area (Å²) in [6.07, 6.45) is 2.98. The second kappa shape index (κ2) is 4.64. The van der Waals surface area contributed by atoms with Gasteiger partial charge in [0.25, 0.3) is 0 Å². The van der Waals surface area contributed by atoms with Crippen molar-refractivity contribution in [3.05, 3.63) is 0 Å². The Morgan fingerprint density at radius 1 is 1.40 bits per heavy atom. The van der Waals surface area contributed by atoms with Crippen molar-refractivity contribution >= 4 is 11.8 Å². The molecule has 1 saturated carbocycles. The Hall–Kier alpha value is -1.06. The highest BCUT2D eigenvalue weighted by Gasteiger charge is 2.27. The number of hydrazone groups is 1. The zero-order valence-electron chi connectivity index (χ0n) is 9.71. The van der Waals surface area contributed by atoms with E-state index in [1.807, 2.05) is 0 Å². The third-order valence-electron chi connectivity index (χ3n) is 3.10. The van der Waals surface area contributed by atoms with Crippen LogP contribution in [0.1, 0.15) is 46.5 Å². The van der Waals surface area contributed by atoms with E-state index in [2.05, 4.69) is 31.3 Å². The maximum atomic E-state index is 10.2. The van der Waals surface area contributed by atoms with E-state index in [9.17, 15) is 4.79 Å². The van der Waals surface area contributed by atoms with Crippen LogP contribution in [0.3, 0.4) is 0 Å². The zero-order chi connectivity index (χ0) is 11.5. The topological polar surface area (TPSA) is 61.7 Å². The van der Waals surface area contributed by atoms with Crippen molar-refractivity contribution in [1.82, 2.24) is 5.43 Å². The fourth-order valence-corrected chi connectivity index (χ4v) is 2.06. The van der Waals surface area contributed by atoms with Crippen LogP contribution in [0.25, 0.3) is 0 Å². The molecule has 1 aliphatic rings. The molecule has 0 spiro atoms. The normalized spacial score (nSPS) is 22.3. The molecular weight excluding hydrogens is 192 g/mol. The molecule has 1 amide bonds. The van der Waals surface area contributed by atoms with E-state index in [4.69, 9.17) is 5.11 Å². The number of rotatable bonds is 1. The predicted octanol–water partition coefficient (Wildman–Crippen LogP) is 2.85. The van der Waals surface area contributed by atoms with Gasteiger partial charge in [-0.3, -0.25) is 0 Å². The summed E-state index contributed by atoms with van der Waals surface area (Å²) in [6, 6.07) is 0. The molecule has 0 radical (unpaired) electrons. The van der Waals surface area contributed by atoms with E-state index in [-0.39, 0.29) is 0 Å². The Labute approximate surface area is 90.8 Å². The highest BCUT2D eigenvalue weighted by molar-refractivity contribution is 5.85. The summed E-state index contributed by atoms with van der Waals surface area (Å²) in [5, 5.41) is 12.3. The molecule has 0 aromatic heterocycles. The Morgan fingerprint density at radius 3 is 2.33 bits per heavy atom. The van der Waals surface area contributed by atoms with E-state index in [0.717, 1.165) is 37.3 Å². The lowest BCUT2D eigenvalue weighted by Crippen LogP contribution is -2.27. The quantitative estimate of drug-likeness (QED) is 0.656. The van der Waals surface area contributed by atoms with Gasteiger partial charge in [-0.2, -0.15) is 5.10 Å². The number of hydrogen-bond donors (Lipinski definition) is 2. The summed E-state index contributed by atoms with van der Waals surface area (Å²) < 4.78 is 0. The fraction of sp³-hybridized carbons (Fsp3) is 0.818. The molecule has 1 fully saturated rings. The van der Waals surface area contributed by atoms with Crippen molar-refractivity contribution in [1.29, 1.82) is 0 Å². The molecule has 4 heteroatoms. The van der Waals surface area contributed by atoms with Crippen LogP contribution in [0.15, 0.2) is 5.10 Å². The van der Waals surface area contributed by atoms with Crippen molar-refractivity contribution in [2.75, 3.05) is 0 Å². The number of amides is 1. The van der Waals surface area contributed by atoms with Crippen LogP contribution in [-0.2, 0) is 0 Å². The van der Waals surface area contributed by atoms with Crippen molar-refractivity contribution in [2.45, 2.75) is 46.5 Å². The minimum absolute atomic E-state index is 0.353. The van der Waals surface area contributed by atoms with Crippen molar-refractivity contribution in [2.24, 2.45) is 16.4 Å². The molecule has 1 aliphatic carbocycles. The molecule has 1 rings (SSSR count). The lowest BCUT2D eigenvalue weighted by atomic mass is 9.72. The summed E-state index contributed by atoms with van der Waals surface area (Å²) in [5.74, 6) is 0.723. The van der Waals surface area contributed by atoms with Crippen LogP contribution in [0.5, 0.6) is 0 Å². The minimum atomic E-state index is -1.08. The Morgan fingerprint density at radius 2 is 1.93 bits per heavy atom. The summed E-state index contributed by atoms with van der Waals surface area (Å²) >= 11 is 0. The van der Waals surface area contributed by atoms with Crippen LogP contribution in [0.2, 0.25) is 0 Å². The first kappa shape index (κ1) is 12.0. The molecule has 0 unspecified atom stereocenters. The Kier molecular flexibility index (Phi) is 3.72. The van der Waals surface area contributed by atoms with Gasteiger partial charge >= 0.3 is 6.09 Å². The van der Waals surface area contributed by atoms with Crippen molar-refractivity contribution in [3.8, 4) is 0 Å². The lowest BCUT2D eigenvalue weighted by molar-refractivity contribution is 0.194. The van der Waals surface area contributed by atoms with Gasteiger partial charge in [0, 0.05) is 5.71 Å². The van der Waals surface area contributed by atoms with E-state index < -0.39 is 6.09 Å². The standard InChI is InChI=1S/C11H20N2O2/c1-11(2,3)8-4-6-9(7-5-8)12-13-10(14)15/h8,13H,4-7H2,1-3H3,(H,14,15). The number of hydrogen-bond acceptors (Lipinski definition) is 2. The van der Waals surface area contributed by atoms with Gasteiger partial charge in [0.2, 0.25) is 0 Å². The molecule has 2 N–H and O–H groups in total. The highest BCUT2D eigenvalue weighted by Crippen LogP contribution is 2.36. The van der Waals surface area contributed by atoms with Gasteiger partial charge in [-0.05, 0) is 37.0 Å². The molecule has 0 saturated heterocycles. The van der Waals surface area contributed by atoms with Crippen LogP contribution in [0, 0.1) is 11.3 Å². The summed E-state index contributed by atoms with van der Waals surface area (Å²) in [5.41, 5.74) is 3.41. The van der Waals surface area contributed by atoms with Gasteiger partial charge < -0.3 is 5.11 Å². The second-order valence-corrected chi connectivity index (χ2v) is 5.24. The molecule has 4 nitrogen and oxygen atoms in total. The lowest BCUT2D eigenvalue weighted by Gasteiger charge is -2.34. The first-order valence-electron chi connectivity index (χ1n) is 5.44. The van der Waals surface area contributed by atoms with Crippen LogP contribution in [0.4, 0.5) is 4.79 Å². The van der Waals surface area contributed by atoms with Crippen molar-refractivity contribution in [3.63, 3.8) is 0 Å². The maximum Gasteiger partial charge on any atom is 0.425 e. The number of carbonyl (C=O) groups is 1. The van der Waals surface area contributed by atoms with E-state index in [1.54, 1.807) is 0 Å². The average molecular weight is 212 g/mol. The van der Waals surface area contributed by atoms with E-state index >= 15 is 0 Å². The third-order valence-corrected chi connectivity index (χ3v) is 3.10. The summed E-state index contributed by atoms with van der Waals surface area (Å²) in [7, 11) is 0. The van der Waals surface area contributed by atoms with Gasteiger partial charge in [0.05, 0.1) is 0 Å². The van der Waals surface area contributed by atoms with Crippen molar-refractivity contribution < 1.29 is 9.90 Å². The fourth-order valence-electron chi connectivity index (χ4n) is 2.06. The zero-order valence-corrected chi connectivity index (χ0v) is 9.71. The first-order valence-corrected chi connectivity index (χ1v) is 5.44. The summed E-state index contributed by atoms with van der Waals surface area (Å²) in [6.45, 7) is 6.78. The molecular formula is C11H20N2O2. The van der Waals surface area contributed by atoms with E-state index in [0.29, 0.717) is 5.41 Å². The Balaban J connectivity index is 2.42. The largest absolute Gasteiger partial charge is 0.464 e. The number of carboxylic acid groups (broad SMARTS) is 1. The van der Waals surface area contributed by atoms with E-state index in [1.165, 1.54) is 0 Å². The summed E-state index contributed by atoms with van der Waals surface area (Å²) in [4.78, 5) is 10.2. The molecule has 0 bridgehead atoms.